The summed E-state index contributed by atoms with van der Waals surface area (Å²) < 4.78 is 0. The fraction of sp³-hybridized carbons (Fsp3) is 1.00. The maximum absolute atomic E-state index is 2.97. The van der Waals surface area contributed by atoms with Crippen LogP contribution in [0.3, 0.4) is 0 Å². The van der Waals surface area contributed by atoms with E-state index in [1.54, 1.807) is 6.55 Å². The molecule has 0 saturated carbocycles. The molecule has 0 radical (unpaired) electrons. The van der Waals surface area contributed by atoms with Gasteiger partial charge in [-0.2, -0.15) is 0 Å². The van der Waals surface area contributed by atoms with E-state index in [1.807, 2.05) is 0 Å². The summed E-state index contributed by atoms with van der Waals surface area (Å²) in [5.74, 6) is 0. The van der Waals surface area contributed by atoms with Gasteiger partial charge in [0, 0.05) is 0 Å². The van der Waals surface area contributed by atoms with Gasteiger partial charge in [-0.15, -0.1) is 0 Å². The standard InChI is InChI=1S/CH3Si.2O.Ti/c1-2;;;/h1H3;;;/q+3;2*-2;+4. The van der Waals surface area contributed by atoms with Gasteiger partial charge in [0.1, 0.15) is 0 Å². The van der Waals surface area contributed by atoms with Crippen molar-refractivity contribution in [2.24, 2.45) is 0 Å². The Balaban J connectivity index is -0.00000000167. The van der Waals surface area contributed by atoms with Gasteiger partial charge in [-0.05, 0) is 0 Å². The van der Waals surface area contributed by atoms with Crippen molar-refractivity contribution in [1.82, 2.24) is 0 Å². The molecular formula is CH3O2SiTi+3. The summed E-state index contributed by atoms with van der Waals surface area (Å²) in [5, 5.41) is 0. The van der Waals surface area contributed by atoms with E-state index < -0.39 is 0 Å². The van der Waals surface area contributed by atoms with Crippen LogP contribution < -0.4 is 0 Å². The van der Waals surface area contributed by atoms with Crippen molar-refractivity contribution in [3.63, 3.8) is 0 Å². The van der Waals surface area contributed by atoms with E-state index >= 15 is 0 Å². The molecule has 5 heavy (non-hydrogen) atoms. The van der Waals surface area contributed by atoms with Crippen LogP contribution in [0.1, 0.15) is 0 Å². The Morgan fingerprint density at radius 2 is 1.00 bits per heavy atom. The van der Waals surface area contributed by atoms with Crippen LogP contribution in [0.15, 0.2) is 0 Å². The summed E-state index contributed by atoms with van der Waals surface area (Å²) in [6, 6.07) is 0. The molecule has 24 valence electrons. The minimum Gasteiger partial charge on any atom is -2.00 e. The Labute approximate surface area is 49.9 Å². The predicted octanol–water partition coefficient (Wildman–Crippen LogP) is -0.0371. The van der Waals surface area contributed by atoms with Crippen molar-refractivity contribution in [2.45, 2.75) is 6.55 Å². The van der Waals surface area contributed by atoms with E-state index in [1.165, 1.54) is 0 Å². The van der Waals surface area contributed by atoms with E-state index in [0.29, 0.717) is 0 Å². The molecule has 0 heterocycles. The van der Waals surface area contributed by atoms with Crippen molar-refractivity contribution >= 4 is 10.2 Å². The van der Waals surface area contributed by atoms with Gasteiger partial charge in [-0.3, -0.25) is 0 Å². The van der Waals surface area contributed by atoms with E-state index in [4.69, 9.17) is 0 Å². The first-order valence-electron chi connectivity index (χ1n) is 0.500. The van der Waals surface area contributed by atoms with Crippen molar-refractivity contribution in [2.75, 3.05) is 0 Å². The van der Waals surface area contributed by atoms with E-state index in [-0.39, 0.29) is 32.7 Å². The normalized spacial score (nSPS) is 1.40. The van der Waals surface area contributed by atoms with Gasteiger partial charge in [0.25, 0.3) is 0 Å². The van der Waals surface area contributed by atoms with Crippen molar-refractivity contribution in [1.29, 1.82) is 0 Å². The maximum Gasteiger partial charge on any atom is 4.00 e. The smallest absolute Gasteiger partial charge is 2.00 e. The minimum absolute atomic E-state index is 0. The first kappa shape index (κ1) is 40.2. The topological polar surface area (TPSA) is 57.0 Å². The first-order valence-corrected chi connectivity index (χ1v) is 1.50. The van der Waals surface area contributed by atoms with Crippen LogP contribution in [0.25, 0.3) is 0 Å². The van der Waals surface area contributed by atoms with Gasteiger partial charge in [-0.25, -0.2) is 0 Å². The molecule has 4 heteroatoms. The zero-order valence-corrected chi connectivity index (χ0v) is 5.38. The second-order valence-corrected chi connectivity index (χ2v) is 0. The average Bonchev–Trinajstić information content (AvgIpc) is 1.00. The molecule has 0 amide bonds. The van der Waals surface area contributed by atoms with Crippen LogP contribution in [0.5, 0.6) is 0 Å². The van der Waals surface area contributed by atoms with Crippen LogP contribution in [-0.4, -0.2) is 10.2 Å². The molecule has 0 aromatic heterocycles. The Hall–Kier alpha value is 0.851. The monoisotopic (exact) mass is 123 g/mol. The second-order valence-electron chi connectivity index (χ2n) is 0. The molecule has 0 spiro atoms. The SMILES string of the molecule is C[Si+3].[O-2].[O-2].[Ti+4]. The largest absolute Gasteiger partial charge is 4.00 e. The number of hydrogen-bond donors (Lipinski definition) is 0. The van der Waals surface area contributed by atoms with Gasteiger partial charge in [0.05, 0.1) is 0 Å². The third-order valence-corrected chi connectivity index (χ3v) is 0. The van der Waals surface area contributed by atoms with Crippen LogP contribution >= 0.6 is 0 Å². The van der Waals surface area contributed by atoms with Crippen LogP contribution in [0.2, 0.25) is 6.55 Å². The van der Waals surface area contributed by atoms with Gasteiger partial charge < -0.3 is 11.0 Å². The van der Waals surface area contributed by atoms with E-state index in [2.05, 4.69) is 10.2 Å². The van der Waals surface area contributed by atoms with Crippen LogP contribution in [-0.2, 0) is 32.7 Å². The number of rotatable bonds is 0. The molecule has 0 unspecified atom stereocenters. The minimum atomic E-state index is 0. The Morgan fingerprint density at radius 3 is 1.00 bits per heavy atom. The van der Waals surface area contributed by atoms with Crippen molar-refractivity contribution in [3.05, 3.63) is 0 Å². The summed E-state index contributed by atoms with van der Waals surface area (Å²) in [7, 11) is 2.97. The summed E-state index contributed by atoms with van der Waals surface area (Å²) in [6.07, 6.45) is 0. The average molecular weight is 123 g/mol. The Kier molecular flexibility index (Phi) is 798. The fourth-order valence-corrected chi connectivity index (χ4v) is 0. The van der Waals surface area contributed by atoms with Crippen molar-refractivity contribution in [3.8, 4) is 0 Å². The molecule has 0 bridgehead atoms. The summed E-state index contributed by atoms with van der Waals surface area (Å²) in [5.41, 5.74) is 0. The molecule has 0 rings (SSSR count). The molecule has 0 atom stereocenters. The third-order valence-electron chi connectivity index (χ3n) is 0. The second kappa shape index (κ2) is 99.3. The molecule has 0 saturated heterocycles. The molecule has 0 aromatic rings. The van der Waals surface area contributed by atoms with E-state index in [0.717, 1.165) is 0 Å². The molecule has 0 aliphatic carbocycles. The Morgan fingerprint density at radius 1 is 1.00 bits per heavy atom. The van der Waals surface area contributed by atoms with Crippen LogP contribution in [0.4, 0.5) is 0 Å². The molecule has 0 aliphatic rings. The third kappa shape index (κ3) is 54.4. The molecular weight excluding hydrogens is 120 g/mol. The summed E-state index contributed by atoms with van der Waals surface area (Å²) in [6.45, 7) is 1.81. The summed E-state index contributed by atoms with van der Waals surface area (Å²) in [4.78, 5) is 0. The van der Waals surface area contributed by atoms with Gasteiger partial charge in [-0.1, -0.05) is 0 Å². The maximum atomic E-state index is 2.97. The van der Waals surface area contributed by atoms with Gasteiger partial charge in [0.2, 0.25) is 0 Å². The molecule has 0 aromatic carbocycles. The molecule has 0 aliphatic heterocycles. The predicted molar refractivity (Wildman–Crippen MR) is 13.0 cm³/mol. The zero-order chi connectivity index (χ0) is 2.00. The molecule has 2 nitrogen and oxygen atoms in total. The Bertz CT molecular complexity index is 9.61. The van der Waals surface area contributed by atoms with E-state index in [9.17, 15) is 0 Å². The van der Waals surface area contributed by atoms with Gasteiger partial charge in [0.15, 0.2) is 0 Å². The zero-order valence-electron chi connectivity index (χ0n) is 2.82. The summed E-state index contributed by atoms with van der Waals surface area (Å²) >= 11 is 0. The first-order chi connectivity index (χ1) is 1.00. The van der Waals surface area contributed by atoms with Crippen molar-refractivity contribution < 1.29 is 32.7 Å². The molecule has 0 N–H and O–H groups in total. The number of hydrogen-bond acceptors (Lipinski definition) is 0. The van der Waals surface area contributed by atoms with Crippen LogP contribution in [0, 0.1) is 0 Å². The van der Waals surface area contributed by atoms with Gasteiger partial charge >= 0.3 is 38.5 Å². The molecule has 0 fully saturated rings. The quantitative estimate of drug-likeness (QED) is 0.406. The fourth-order valence-electron chi connectivity index (χ4n) is 0.